The zero-order valence-electron chi connectivity index (χ0n) is 22.0. The van der Waals surface area contributed by atoms with Gasteiger partial charge in [0.25, 0.3) is 0 Å². The summed E-state index contributed by atoms with van der Waals surface area (Å²) in [5.41, 5.74) is 3.59. The van der Waals surface area contributed by atoms with E-state index < -0.39 is 10.0 Å². The van der Waals surface area contributed by atoms with Crippen LogP contribution in [0.15, 0.2) is 47.5 Å². The molecule has 0 fully saturated rings. The number of rotatable bonds is 10. The van der Waals surface area contributed by atoms with Gasteiger partial charge >= 0.3 is 0 Å². The molecule has 1 aliphatic heterocycles. The summed E-state index contributed by atoms with van der Waals surface area (Å²) < 4.78 is 37.7. The number of hydrogen-bond donors (Lipinski definition) is 2. The van der Waals surface area contributed by atoms with Gasteiger partial charge in [0.2, 0.25) is 16.0 Å². The number of methoxy groups -OCH3 is 2. The van der Waals surface area contributed by atoms with Crippen LogP contribution in [0, 0.1) is 0 Å². The van der Waals surface area contributed by atoms with Crippen LogP contribution >= 0.6 is 11.6 Å². The highest BCUT2D eigenvalue weighted by Gasteiger charge is 2.22. The highest BCUT2D eigenvalue weighted by atomic mass is 35.5. The third-order valence-electron chi connectivity index (χ3n) is 6.42. The first-order chi connectivity index (χ1) is 18.2. The van der Waals surface area contributed by atoms with E-state index in [0.717, 1.165) is 42.5 Å². The number of para-hydroxylation sites is 1. The fourth-order valence-corrected chi connectivity index (χ4v) is 5.45. The average molecular weight is 561 g/mol. The molecule has 0 saturated heterocycles. The topological polar surface area (TPSA) is 109 Å². The number of sulfonamides is 1. The lowest BCUT2D eigenvalue weighted by Gasteiger charge is -2.18. The molecule has 0 aliphatic carbocycles. The van der Waals surface area contributed by atoms with Crippen molar-refractivity contribution in [3.8, 4) is 5.75 Å². The van der Waals surface area contributed by atoms with Gasteiger partial charge in [0.1, 0.15) is 15.7 Å². The Kier molecular flexibility index (Phi) is 9.06. The number of benzene rings is 2. The average Bonchev–Trinajstić information content (AvgIpc) is 3.10. The number of anilines is 4. The van der Waals surface area contributed by atoms with Crippen molar-refractivity contribution in [2.45, 2.75) is 17.7 Å². The van der Waals surface area contributed by atoms with Crippen LogP contribution in [0.3, 0.4) is 0 Å². The van der Waals surface area contributed by atoms with Crippen LogP contribution in [0.1, 0.15) is 11.1 Å². The van der Waals surface area contributed by atoms with E-state index in [-0.39, 0.29) is 15.7 Å². The molecule has 1 aromatic heterocycles. The van der Waals surface area contributed by atoms with Crippen molar-refractivity contribution < 1.29 is 17.9 Å². The SMILES string of the molecule is COCCN1CCc2cc(Nc3ncc(Cl)c(Nc4ccccc4S(=O)(=O)N(C)C)n3)c(OC)cc2CC1. The van der Waals surface area contributed by atoms with E-state index in [4.69, 9.17) is 21.1 Å². The Morgan fingerprint density at radius 1 is 1.05 bits per heavy atom. The van der Waals surface area contributed by atoms with E-state index in [1.807, 2.05) is 0 Å². The molecule has 0 spiro atoms. The smallest absolute Gasteiger partial charge is 0.244 e. The van der Waals surface area contributed by atoms with Crippen LogP contribution in [0.25, 0.3) is 0 Å². The fraction of sp³-hybridized carbons (Fsp3) is 0.385. The third-order valence-corrected chi connectivity index (χ3v) is 8.57. The van der Waals surface area contributed by atoms with Crippen LogP contribution in [0.4, 0.5) is 23.1 Å². The summed E-state index contributed by atoms with van der Waals surface area (Å²) in [6.07, 6.45) is 3.30. The molecule has 2 N–H and O–H groups in total. The Bertz CT molecular complexity index is 1390. The van der Waals surface area contributed by atoms with E-state index in [1.54, 1.807) is 32.4 Å². The molecule has 2 aromatic carbocycles. The second-order valence-corrected chi connectivity index (χ2v) is 11.6. The van der Waals surface area contributed by atoms with E-state index in [1.165, 1.54) is 37.5 Å². The first-order valence-electron chi connectivity index (χ1n) is 12.2. The molecular weight excluding hydrogens is 528 g/mol. The Morgan fingerprint density at radius 2 is 1.76 bits per heavy atom. The van der Waals surface area contributed by atoms with Crippen molar-refractivity contribution in [2.24, 2.45) is 0 Å². The van der Waals surface area contributed by atoms with Crippen LogP contribution in [-0.4, -0.2) is 82.1 Å². The summed E-state index contributed by atoms with van der Waals surface area (Å²) in [4.78, 5) is 11.4. The Morgan fingerprint density at radius 3 is 2.45 bits per heavy atom. The normalized spacial score (nSPS) is 14.2. The quantitative estimate of drug-likeness (QED) is 0.381. The molecule has 0 saturated carbocycles. The molecule has 2 heterocycles. The minimum absolute atomic E-state index is 0.112. The van der Waals surface area contributed by atoms with Gasteiger partial charge in [0.05, 0.1) is 31.3 Å². The number of ether oxygens (including phenoxy) is 2. The highest BCUT2D eigenvalue weighted by Crippen LogP contribution is 2.34. The molecule has 0 radical (unpaired) electrons. The van der Waals surface area contributed by atoms with Gasteiger partial charge in [0, 0.05) is 40.8 Å². The van der Waals surface area contributed by atoms with E-state index in [0.29, 0.717) is 24.0 Å². The van der Waals surface area contributed by atoms with Gasteiger partial charge in [0.15, 0.2) is 5.82 Å². The van der Waals surface area contributed by atoms with Gasteiger partial charge in [-0.3, -0.25) is 0 Å². The minimum atomic E-state index is -3.69. The van der Waals surface area contributed by atoms with Crippen LogP contribution < -0.4 is 15.4 Å². The minimum Gasteiger partial charge on any atom is -0.495 e. The zero-order valence-corrected chi connectivity index (χ0v) is 23.6. The molecule has 10 nitrogen and oxygen atoms in total. The number of hydrogen-bond acceptors (Lipinski definition) is 9. The van der Waals surface area contributed by atoms with Gasteiger partial charge < -0.3 is 25.0 Å². The third kappa shape index (κ3) is 6.36. The number of halogens is 1. The van der Waals surface area contributed by atoms with Crippen molar-refractivity contribution in [1.82, 2.24) is 19.2 Å². The molecule has 12 heteroatoms. The molecule has 38 heavy (non-hydrogen) atoms. The second-order valence-electron chi connectivity index (χ2n) is 9.08. The number of aromatic nitrogens is 2. The molecule has 0 unspecified atom stereocenters. The largest absolute Gasteiger partial charge is 0.495 e. The Hall–Kier alpha value is -2.96. The van der Waals surface area contributed by atoms with Crippen LogP contribution in [-0.2, 0) is 27.6 Å². The van der Waals surface area contributed by atoms with Gasteiger partial charge in [-0.2, -0.15) is 4.98 Å². The van der Waals surface area contributed by atoms with Crippen LogP contribution in [0.5, 0.6) is 5.75 Å². The predicted octanol–water partition coefficient (Wildman–Crippen LogP) is 3.92. The fourth-order valence-electron chi connectivity index (χ4n) is 4.27. The zero-order chi connectivity index (χ0) is 27.3. The standard InChI is InChI=1S/C26H33ClN6O4S/c1-32(2)38(34,35)24-8-6-5-7-21(24)29-25-20(27)17-28-26(31-25)30-22-15-18-9-11-33(13-14-36-3)12-10-19(18)16-23(22)37-4/h5-8,15-17H,9-14H2,1-4H3,(H2,28,29,30,31). The van der Waals surface area contributed by atoms with Gasteiger partial charge in [-0.1, -0.05) is 23.7 Å². The van der Waals surface area contributed by atoms with Crippen molar-refractivity contribution >= 4 is 44.8 Å². The first kappa shape index (κ1) is 28.1. The number of nitrogens with zero attached hydrogens (tertiary/aromatic N) is 4. The molecule has 0 bridgehead atoms. The molecule has 0 amide bonds. The number of fused-ring (bicyclic) bond motifs is 1. The van der Waals surface area contributed by atoms with E-state index in [2.05, 4.69) is 37.6 Å². The molecular formula is C26H33ClN6O4S. The molecule has 3 aromatic rings. The van der Waals surface area contributed by atoms with Crippen molar-refractivity contribution in [3.05, 3.63) is 58.7 Å². The van der Waals surface area contributed by atoms with E-state index in [9.17, 15) is 8.42 Å². The summed E-state index contributed by atoms with van der Waals surface area (Å²) >= 11 is 6.39. The lowest BCUT2D eigenvalue weighted by Crippen LogP contribution is -2.29. The first-order valence-corrected chi connectivity index (χ1v) is 14.0. The second kappa shape index (κ2) is 12.3. The van der Waals surface area contributed by atoms with E-state index >= 15 is 0 Å². The lowest BCUT2D eigenvalue weighted by atomic mass is 10.0. The molecule has 0 atom stereocenters. The molecule has 4 rings (SSSR count). The summed E-state index contributed by atoms with van der Waals surface area (Å²) in [5, 5.41) is 6.56. The van der Waals surface area contributed by atoms with Crippen molar-refractivity contribution in [1.29, 1.82) is 0 Å². The van der Waals surface area contributed by atoms with Gasteiger partial charge in [-0.05, 0) is 48.2 Å². The maximum Gasteiger partial charge on any atom is 0.244 e. The summed E-state index contributed by atoms with van der Waals surface area (Å²) in [6.45, 7) is 3.53. The molecule has 204 valence electrons. The number of nitrogens with one attached hydrogen (secondary N) is 2. The van der Waals surface area contributed by atoms with Crippen LogP contribution in [0.2, 0.25) is 5.02 Å². The van der Waals surface area contributed by atoms with Gasteiger partial charge in [-0.15, -0.1) is 0 Å². The maximum absolute atomic E-state index is 12.8. The Balaban J connectivity index is 1.60. The maximum atomic E-state index is 12.8. The lowest BCUT2D eigenvalue weighted by molar-refractivity contribution is 0.150. The summed E-state index contributed by atoms with van der Waals surface area (Å²) in [5.74, 6) is 1.25. The highest BCUT2D eigenvalue weighted by molar-refractivity contribution is 7.89. The Labute approximate surface area is 229 Å². The predicted molar refractivity (Wildman–Crippen MR) is 150 cm³/mol. The summed E-state index contributed by atoms with van der Waals surface area (Å²) in [6, 6.07) is 10.7. The molecule has 1 aliphatic rings. The summed E-state index contributed by atoms with van der Waals surface area (Å²) in [7, 11) is 2.63. The van der Waals surface area contributed by atoms with Crippen molar-refractivity contribution in [2.75, 3.05) is 65.2 Å². The monoisotopic (exact) mass is 560 g/mol. The van der Waals surface area contributed by atoms with Gasteiger partial charge in [-0.25, -0.2) is 17.7 Å². The van der Waals surface area contributed by atoms with Crippen molar-refractivity contribution in [3.63, 3.8) is 0 Å².